The van der Waals surface area contributed by atoms with Gasteiger partial charge in [-0.15, -0.1) is 0 Å². The number of carbonyl (C=O) groups excluding carboxylic acids is 1. The summed E-state index contributed by atoms with van der Waals surface area (Å²) in [5.74, 6) is 0.814. The Morgan fingerprint density at radius 1 is 1.44 bits per heavy atom. The molecule has 1 aromatic heterocycles. The fourth-order valence-electron chi connectivity index (χ4n) is 3.06. The number of ether oxygens (including phenoxy) is 1. The number of rotatable bonds is 4. The summed E-state index contributed by atoms with van der Waals surface area (Å²) in [4.78, 5) is 23.6. The number of fused-ring (bicyclic) bond motifs is 1. The number of nitrogens with one attached hydrogen (secondary N) is 1. The number of hydrogen-bond acceptors (Lipinski definition) is 6. The first-order valence-electron chi connectivity index (χ1n) is 8.37. The third kappa shape index (κ3) is 3.22. The minimum atomic E-state index is -0.384. The number of aromatic nitrogens is 2. The molecule has 7 heteroatoms. The van der Waals surface area contributed by atoms with E-state index in [1.54, 1.807) is 0 Å². The van der Waals surface area contributed by atoms with Crippen molar-refractivity contribution in [2.24, 2.45) is 5.92 Å². The number of carbonyl (C=O) groups is 1. The summed E-state index contributed by atoms with van der Waals surface area (Å²) in [6, 6.07) is 7.39. The summed E-state index contributed by atoms with van der Waals surface area (Å²) in [6.07, 6.45) is 2.38. The molecule has 1 unspecified atom stereocenters. The summed E-state index contributed by atoms with van der Waals surface area (Å²) in [5.41, 5.74) is 8.04. The number of nitrogen functional groups attached to an aromatic ring is 1. The molecule has 1 aliphatic rings. The van der Waals surface area contributed by atoms with Crippen LogP contribution < -0.4 is 20.7 Å². The molecule has 0 fully saturated rings. The molecule has 0 radical (unpaired) electrons. The Hall–Kier alpha value is -2.83. The van der Waals surface area contributed by atoms with Crippen LogP contribution in [0.2, 0.25) is 0 Å². The van der Waals surface area contributed by atoms with Crippen LogP contribution in [0.15, 0.2) is 30.5 Å². The number of anilines is 3. The van der Waals surface area contributed by atoms with Gasteiger partial charge in [-0.25, -0.2) is 4.98 Å². The summed E-state index contributed by atoms with van der Waals surface area (Å²) < 4.78 is 5.22. The average Bonchev–Trinajstić information content (AvgIpc) is 2.77. The Kier molecular flexibility index (Phi) is 4.74. The van der Waals surface area contributed by atoms with Crippen molar-refractivity contribution in [3.63, 3.8) is 0 Å². The first-order valence-corrected chi connectivity index (χ1v) is 8.37. The fourth-order valence-corrected chi connectivity index (χ4v) is 3.06. The third-order valence-corrected chi connectivity index (χ3v) is 4.62. The van der Waals surface area contributed by atoms with E-state index in [-0.39, 0.29) is 17.9 Å². The molecule has 1 amide bonds. The molecule has 2 heterocycles. The van der Waals surface area contributed by atoms with Crippen molar-refractivity contribution in [1.82, 2.24) is 9.97 Å². The lowest BCUT2D eigenvalue weighted by Crippen LogP contribution is -2.47. The number of nitrogens with zero attached hydrogens (tertiary/aromatic N) is 3. The molecule has 132 valence electrons. The van der Waals surface area contributed by atoms with Gasteiger partial charge in [-0.3, -0.25) is 4.79 Å². The van der Waals surface area contributed by atoms with Crippen LogP contribution in [0.4, 0.5) is 17.3 Å². The van der Waals surface area contributed by atoms with Crippen molar-refractivity contribution in [1.29, 1.82) is 0 Å². The van der Waals surface area contributed by atoms with Crippen LogP contribution >= 0.6 is 0 Å². The van der Waals surface area contributed by atoms with Crippen molar-refractivity contribution in [2.75, 3.05) is 23.1 Å². The Balaban J connectivity index is 2.09. The van der Waals surface area contributed by atoms with Crippen LogP contribution in [-0.4, -0.2) is 29.0 Å². The maximum Gasteiger partial charge on any atom is 0.247 e. The molecular weight excluding hydrogens is 318 g/mol. The van der Waals surface area contributed by atoms with E-state index < -0.39 is 0 Å². The fraction of sp³-hybridized carbons (Fsp3) is 0.389. The standard InChI is InChI=1S/C18H23N5O2/c1-4-11(2)15-16(24)21-14-8-6-5-7-12(14)10-23(15)18-20-9-13(19)17(22-18)25-3/h5-9,11,15H,4,10,19H2,1-3H3,(H,21,24)/t11?,15-/m0/s1. The monoisotopic (exact) mass is 341 g/mol. The first kappa shape index (κ1) is 17.0. The quantitative estimate of drug-likeness (QED) is 0.887. The van der Waals surface area contributed by atoms with E-state index in [0.717, 1.165) is 17.7 Å². The van der Waals surface area contributed by atoms with Gasteiger partial charge >= 0.3 is 0 Å². The minimum absolute atomic E-state index is 0.0568. The molecule has 3 N–H and O–H groups in total. The van der Waals surface area contributed by atoms with Gasteiger partial charge in [-0.1, -0.05) is 38.5 Å². The second-order valence-corrected chi connectivity index (χ2v) is 6.24. The van der Waals surface area contributed by atoms with Crippen LogP contribution in [0, 0.1) is 5.92 Å². The van der Waals surface area contributed by atoms with Crippen LogP contribution in [0.5, 0.6) is 5.88 Å². The Morgan fingerprint density at radius 3 is 2.92 bits per heavy atom. The van der Waals surface area contributed by atoms with E-state index >= 15 is 0 Å². The molecule has 1 aliphatic heterocycles. The molecule has 25 heavy (non-hydrogen) atoms. The topological polar surface area (TPSA) is 93.4 Å². The van der Waals surface area contributed by atoms with E-state index in [2.05, 4.69) is 29.1 Å². The molecule has 0 bridgehead atoms. The zero-order chi connectivity index (χ0) is 18.0. The van der Waals surface area contributed by atoms with Crippen LogP contribution in [0.1, 0.15) is 25.8 Å². The zero-order valence-electron chi connectivity index (χ0n) is 14.7. The van der Waals surface area contributed by atoms with Crippen LogP contribution in [0.25, 0.3) is 0 Å². The molecular formula is C18H23N5O2. The van der Waals surface area contributed by atoms with Crippen LogP contribution in [0.3, 0.4) is 0 Å². The maximum atomic E-state index is 12.9. The SMILES string of the molecule is CCC(C)[C@H]1C(=O)Nc2ccccc2CN1c1ncc(N)c(OC)n1. The second-order valence-electron chi connectivity index (χ2n) is 6.24. The Morgan fingerprint density at radius 2 is 2.20 bits per heavy atom. The summed E-state index contributed by atoms with van der Waals surface area (Å²) in [6.45, 7) is 4.65. The van der Waals surface area contributed by atoms with E-state index in [1.807, 2.05) is 29.2 Å². The molecule has 2 aromatic rings. The van der Waals surface area contributed by atoms with E-state index in [9.17, 15) is 4.79 Å². The average molecular weight is 341 g/mol. The van der Waals surface area contributed by atoms with Gasteiger partial charge in [-0.05, 0) is 17.5 Å². The van der Waals surface area contributed by atoms with E-state index in [0.29, 0.717) is 24.1 Å². The lowest BCUT2D eigenvalue weighted by molar-refractivity contribution is -0.118. The molecule has 0 saturated heterocycles. The Labute approximate surface area is 147 Å². The first-order chi connectivity index (χ1) is 12.0. The number of hydrogen-bond donors (Lipinski definition) is 2. The third-order valence-electron chi connectivity index (χ3n) is 4.62. The summed E-state index contributed by atoms with van der Waals surface area (Å²) >= 11 is 0. The molecule has 2 atom stereocenters. The predicted octanol–water partition coefficient (Wildman–Crippen LogP) is 2.44. The van der Waals surface area contributed by atoms with Gasteiger partial charge in [0.15, 0.2) is 0 Å². The van der Waals surface area contributed by atoms with Gasteiger partial charge in [0.1, 0.15) is 11.7 Å². The lowest BCUT2D eigenvalue weighted by atomic mass is 9.97. The van der Waals surface area contributed by atoms with Crippen molar-refractivity contribution in [3.8, 4) is 5.88 Å². The summed E-state index contributed by atoms with van der Waals surface area (Å²) in [5, 5.41) is 3.04. The largest absolute Gasteiger partial charge is 0.479 e. The molecule has 3 rings (SSSR count). The maximum absolute atomic E-state index is 12.9. The van der Waals surface area contributed by atoms with E-state index in [1.165, 1.54) is 13.3 Å². The highest BCUT2D eigenvalue weighted by molar-refractivity contribution is 5.98. The predicted molar refractivity (Wildman–Crippen MR) is 97.5 cm³/mol. The Bertz CT molecular complexity index is 780. The smallest absolute Gasteiger partial charge is 0.247 e. The number of methoxy groups -OCH3 is 1. The van der Waals surface area contributed by atoms with Gasteiger partial charge in [0.25, 0.3) is 0 Å². The van der Waals surface area contributed by atoms with Gasteiger partial charge in [0, 0.05) is 12.2 Å². The number of benzene rings is 1. The van der Waals surface area contributed by atoms with Crippen molar-refractivity contribution >= 4 is 23.2 Å². The van der Waals surface area contributed by atoms with Crippen molar-refractivity contribution < 1.29 is 9.53 Å². The molecule has 1 aromatic carbocycles. The summed E-state index contributed by atoms with van der Waals surface area (Å²) in [7, 11) is 1.51. The number of para-hydroxylation sites is 1. The van der Waals surface area contributed by atoms with Gasteiger partial charge in [0.2, 0.25) is 17.7 Å². The van der Waals surface area contributed by atoms with Gasteiger partial charge in [-0.2, -0.15) is 4.98 Å². The number of nitrogens with two attached hydrogens (primary N) is 1. The lowest BCUT2D eigenvalue weighted by Gasteiger charge is -2.32. The number of amides is 1. The normalized spacial score (nSPS) is 18.1. The second kappa shape index (κ2) is 6.96. The highest BCUT2D eigenvalue weighted by Gasteiger charge is 2.35. The van der Waals surface area contributed by atoms with Gasteiger partial charge < -0.3 is 20.7 Å². The van der Waals surface area contributed by atoms with Crippen LogP contribution in [-0.2, 0) is 11.3 Å². The van der Waals surface area contributed by atoms with Crippen molar-refractivity contribution in [3.05, 3.63) is 36.0 Å². The highest BCUT2D eigenvalue weighted by atomic mass is 16.5. The van der Waals surface area contributed by atoms with Crippen molar-refractivity contribution in [2.45, 2.75) is 32.9 Å². The molecule has 0 aliphatic carbocycles. The molecule has 7 nitrogen and oxygen atoms in total. The molecule has 0 saturated carbocycles. The van der Waals surface area contributed by atoms with Gasteiger partial charge in [0.05, 0.1) is 13.3 Å². The highest BCUT2D eigenvalue weighted by Crippen LogP contribution is 2.31. The zero-order valence-corrected chi connectivity index (χ0v) is 14.7. The minimum Gasteiger partial charge on any atom is -0.479 e. The van der Waals surface area contributed by atoms with E-state index in [4.69, 9.17) is 10.5 Å². The molecule has 0 spiro atoms.